The Balaban J connectivity index is 1.74. The number of benzene rings is 1. The molecule has 1 aromatic carbocycles. The molecule has 2 fully saturated rings. The van der Waals surface area contributed by atoms with Crippen molar-refractivity contribution in [3.8, 4) is 0 Å². The Morgan fingerprint density at radius 1 is 1.16 bits per heavy atom. The Labute approximate surface area is 114 Å². The molecule has 1 aromatic rings. The third-order valence-corrected chi connectivity index (χ3v) is 4.51. The number of carbonyl (C=O) groups is 1. The summed E-state index contributed by atoms with van der Waals surface area (Å²) in [5.41, 5.74) is 8.56. The molecule has 4 heteroatoms. The summed E-state index contributed by atoms with van der Waals surface area (Å²) in [6.07, 6.45) is 3.39. The molecule has 102 valence electrons. The van der Waals surface area contributed by atoms with E-state index in [9.17, 15) is 4.79 Å². The molecule has 0 radical (unpaired) electrons. The van der Waals surface area contributed by atoms with Gasteiger partial charge in [-0.1, -0.05) is 12.1 Å². The third-order valence-electron chi connectivity index (χ3n) is 4.51. The van der Waals surface area contributed by atoms with E-state index in [2.05, 4.69) is 29.2 Å². The van der Waals surface area contributed by atoms with E-state index in [1.54, 1.807) is 4.90 Å². The number of piperazine rings is 1. The van der Waals surface area contributed by atoms with Gasteiger partial charge in [0.05, 0.1) is 6.54 Å². The maximum Gasteiger partial charge on any atom is 0.241 e. The second-order valence-electron chi connectivity index (χ2n) is 5.79. The zero-order valence-corrected chi connectivity index (χ0v) is 11.4. The van der Waals surface area contributed by atoms with Crippen LogP contribution < -0.4 is 10.6 Å². The van der Waals surface area contributed by atoms with E-state index >= 15 is 0 Å². The Morgan fingerprint density at radius 2 is 1.84 bits per heavy atom. The predicted molar refractivity (Wildman–Crippen MR) is 76.0 cm³/mol. The highest BCUT2D eigenvalue weighted by Gasteiger charge is 2.34. The molecule has 1 aliphatic carbocycles. The molecule has 19 heavy (non-hydrogen) atoms. The van der Waals surface area contributed by atoms with Gasteiger partial charge in [0, 0.05) is 31.4 Å². The predicted octanol–water partition coefficient (Wildman–Crippen LogP) is 1.30. The molecule has 3 rings (SSSR count). The number of rotatable bonds is 2. The molecule has 4 nitrogen and oxygen atoms in total. The van der Waals surface area contributed by atoms with Gasteiger partial charge in [-0.3, -0.25) is 4.79 Å². The minimum Gasteiger partial charge on any atom is -0.360 e. The maximum atomic E-state index is 11.7. The zero-order chi connectivity index (χ0) is 13.5. The fourth-order valence-corrected chi connectivity index (χ4v) is 2.83. The summed E-state index contributed by atoms with van der Waals surface area (Å²) < 4.78 is 0. The van der Waals surface area contributed by atoms with E-state index in [-0.39, 0.29) is 11.4 Å². The minimum absolute atomic E-state index is 0.101. The highest BCUT2D eigenvalue weighted by atomic mass is 16.2. The normalized spacial score (nSPS) is 22.3. The monoisotopic (exact) mass is 259 g/mol. The fourth-order valence-electron chi connectivity index (χ4n) is 2.83. The maximum absolute atomic E-state index is 11.7. The average Bonchev–Trinajstić information content (AvgIpc) is 2.39. The number of nitrogens with zero attached hydrogens (tertiary/aromatic N) is 2. The summed E-state index contributed by atoms with van der Waals surface area (Å²) in [5.74, 6) is 0.185. The van der Waals surface area contributed by atoms with Gasteiger partial charge in [-0.15, -0.1) is 0 Å². The van der Waals surface area contributed by atoms with E-state index in [4.69, 9.17) is 5.73 Å². The smallest absolute Gasteiger partial charge is 0.241 e. The van der Waals surface area contributed by atoms with Gasteiger partial charge in [0.15, 0.2) is 0 Å². The average molecular weight is 259 g/mol. The van der Waals surface area contributed by atoms with E-state index in [1.807, 2.05) is 7.05 Å². The van der Waals surface area contributed by atoms with Crippen molar-refractivity contribution >= 4 is 11.6 Å². The van der Waals surface area contributed by atoms with Crippen LogP contribution in [0.1, 0.15) is 24.8 Å². The quantitative estimate of drug-likeness (QED) is 0.871. The summed E-state index contributed by atoms with van der Waals surface area (Å²) >= 11 is 0. The van der Waals surface area contributed by atoms with Crippen LogP contribution in [0.3, 0.4) is 0 Å². The van der Waals surface area contributed by atoms with Crippen molar-refractivity contribution in [1.29, 1.82) is 0 Å². The van der Waals surface area contributed by atoms with Crippen molar-refractivity contribution in [2.75, 3.05) is 31.6 Å². The highest BCUT2D eigenvalue weighted by molar-refractivity contribution is 5.82. The van der Waals surface area contributed by atoms with Gasteiger partial charge < -0.3 is 15.5 Å². The SMILES string of the molecule is CN1CCN(c2ccc(C3(N)CCC3)cc2)CC1=O. The van der Waals surface area contributed by atoms with Gasteiger partial charge in [-0.25, -0.2) is 0 Å². The van der Waals surface area contributed by atoms with Crippen molar-refractivity contribution in [3.05, 3.63) is 29.8 Å². The minimum atomic E-state index is -0.101. The second kappa shape index (κ2) is 4.53. The first kappa shape index (κ1) is 12.5. The third kappa shape index (κ3) is 2.21. The van der Waals surface area contributed by atoms with Crippen molar-refractivity contribution in [2.45, 2.75) is 24.8 Å². The molecule has 0 spiro atoms. The molecule has 0 bridgehead atoms. The summed E-state index contributed by atoms with van der Waals surface area (Å²) in [7, 11) is 1.86. The molecule has 1 amide bonds. The molecule has 0 unspecified atom stereocenters. The molecular formula is C15H21N3O. The van der Waals surface area contributed by atoms with E-state index in [0.717, 1.165) is 31.6 Å². The van der Waals surface area contributed by atoms with E-state index < -0.39 is 0 Å². The van der Waals surface area contributed by atoms with Gasteiger partial charge in [-0.2, -0.15) is 0 Å². The van der Waals surface area contributed by atoms with Crippen LogP contribution in [-0.4, -0.2) is 37.5 Å². The van der Waals surface area contributed by atoms with Crippen LogP contribution in [0.2, 0.25) is 0 Å². The lowest BCUT2D eigenvalue weighted by Crippen LogP contribution is -2.48. The van der Waals surface area contributed by atoms with Crippen LogP contribution in [0.15, 0.2) is 24.3 Å². The Morgan fingerprint density at radius 3 is 2.37 bits per heavy atom. The Hall–Kier alpha value is -1.55. The lowest BCUT2D eigenvalue weighted by atomic mass is 9.73. The standard InChI is InChI=1S/C15H21N3O/c1-17-9-10-18(11-14(17)19)13-5-3-12(4-6-13)15(16)7-2-8-15/h3-6H,2,7-11,16H2,1H3. The molecule has 2 N–H and O–H groups in total. The van der Waals surface area contributed by atoms with Crippen LogP contribution in [0.4, 0.5) is 5.69 Å². The number of anilines is 1. The van der Waals surface area contributed by atoms with Gasteiger partial charge in [0.1, 0.15) is 0 Å². The van der Waals surface area contributed by atoms with E-state index in [1.165, 1.54) is 12.0 Å². The van der Waals surface area contributed by atoms with Crippen LogP contribution in [0, 0.1) is 0 Å². The number of carbonyl (C=O) groups excluding carboxylic acids is 1. The topological polar surface area (TPSA) is 49.6 Å². The first-order chi connectivity index (χ1) is 9.08. The van der Waals surface area contributed by atoms with Crippen LogP contribution in [0.25, 0.3) is 0 Å². The van der Waals surface area contributed by atoms with Gasteiger partial charge in [-0.05, 0) is 37.0 Å². The number of amides is 1. The highest BCUT2D eigenvalue weighted by Crippen LogP contribution is 2.39. The zero-order valence-electron chi connectivity index (χ0n) is 11.4. The molecule has 0 atom stereocenters. The number of likely N-dealkylation sites (N-methyl/N-ethyl adjacent to an activating group) is 1. The van der Waals surface area contributed by atoms with E-state index in [0.29, 0.717) is 6.54 Å². The second-order valence-corrected chi connectivity index (χ2v) is 5.79. The van der Waals surface area contributed by atoms with Crippen LogP contribution >= 0.6 is 0 Å². The molecule has 1 heterocycles. The number of hydrogen-bond acceptors (Lipinski definition) is 3. The summed E-state index contributed by atoms with van der Waals surface area (Å²) in [5, 5.41) is 0. The van der Waals surface area contributed by atoms with Crippen LogP contribution in [0.5, 0.6) is 0 Å². The van der Waals surface area contributed by atoms with Crippen molar-refractivity contribution in [2.24, 2.45) is 5.73 Å². The van der Waals surface area contributed by atoms with Crippen LogP contribution in [-0.2, 0) is 10.3 Å². The molecule has 1 aliphatic heterocycles. The number of hydrogen-bond donors (Lipinski definition) is 1. The van der Waals surface area contributed by atoms with Crippen molar-refractivity contribution < 1.29 is 4.79 Å². The summed E-state index contributed by atoms with van der Waals surface area (Å²) in [6, 6.07) is 8.44. The van der Waals surface area contributed by atoms with Crippen molar-refractivity contribution in [1.82, 2.24) is 4.90 Å². The Bertz CT molecular complexity index is 479. The molecular weight excluding hydrogens is 238 g/mol. The lowest BCUT2D eigenvalue weighted by Gasteiger charge is -2.39. The summed E-state index contributed by atoms with van der Waals surface area (Å²) in [6.45, 7) is 2.17. The van der Waals surface area contributed by atoms with Gasteiger partial charge in [0.2, 0.25) is 5.91 Å². The first-order valence-corrected chi connectivity index (χ1v) is 6.97. The first-order valence-electron chi connectivity index (χ1n) is 6.97. The van der Waals surface area contributed by atoms with Crippen molar-refractivity contribution in [3.63, 3.8) is 0 Å². The molecule has 1 saturated carbocycles. The lowest BCUT2D eigenvalue weighted by molar-refractivity contribution is -0.129. The van der Waals surface area contributed by atoms with Gasteiger partial charge >= 0.3 is 0 Å². The van der Waals surface area contributed by atoms with Gasteiger partial charge in [0.25, 0.3) is 0 Å². The molecule has 1 saturated heterocycles. The molecule has 0 aromatic heterocycles. The largest absolute Gasteiger partial charge is 0.360 e. The molecule has 2 aliphatic rings. The fraction of sp³-hybridized carbons (Fsp3) is 0.533. The Kier molecular flexibility index (Phi) is 2.97. The summed E-state index contributed by atoms with van der Waals surface area (Å²) in [4.78, 5) is 15.6. The number of nitrogens with two attached hydrogens (primary N) is 1.